The molecule has 0 aromatic rings. The van der Waals surface area contributed by atoms with Crippen LogP contribution in [0.1, 0.15) is 33.6 Å². The van der Waals surface area contributed by atoms with Crippen molar-refractivity contribution in [2.75, 3.05) is 18.1 Å². The Bertz CT molecular complexity index is 350. The smallest absolute Gasteiger partial charge is 0.222 e. The van der Waals surface area contributed by atoms with Crippen LogP contribution in [0.15, 0.2) is 0 Å². The van der Waals surface area contributed by atoms with Crippen LogP contribution >= 0.6 is 0 Å². The van der Waals surface area contributed by atoms with E-state index in [1.807, 2.05) is 13.8 Å². The fourth-order valence-corrected chi connectivity index (χ4v) is 4.40. The van der Waals surface area contributed by atoms with E-state index in [4.69, 9.17) is 0 Å². The van der Waals surface area contributed by atoms with Crippen LogP contribution < -0.4 is 0 Å². The van der Waals surface area contributed by atoms with E-state index >= 15 is 0 Å². The Kier molecular flexibility index (Phi) is 3.43. The summed E-state index contributed by atoms with van der Waals surface area (Å²) in [5.74, 6) is 0.355. The molecule has 0 aromatic heterocycles. The fraction of sp³-hybridized carbons (Fsp3) is 0.900. The van der Waals surface area contributed by atoms with Crippen LogP contribution in [-0.2, 0) is 14.6 Å². The molecule has 88 valence electrons. The number of amides is 1. The molecule has 1 rings (SSSR count). The van der Waals surface area contributed by atoms with Gasteiger partial charge in [-0.15, -0.1) is 0 Å². The van der Waals surface area contributed by atoms with Gasteiger partial charge >= 0.3 is 0 Å². The second-order valence-corrected chi connectivity index (χ2v) is 6.51. The van der Waals surface area contributed by atoms with Crippen LogP contribution in [0.2, 0.25) is 0 Å². The molecule has 1 amide bonds. The first kappa shape index (κ1) is 12.5. The second-order valence-electron chi connectivity index (χ2n) is 4.33. The second kappa shape index (κ2) is 4.12. The van der Waals surface area contributed by atoms with Crippen LogP contribution in [0, 0.1) is 0 Å². The normalized spacial score (nSPS) is 29.0. The van der Waals surface area contributed by atoms with Crippen molar-refractivity contribution in [2.24, 2.45) is 0 Å². The highest BCUT2D eigenvalue weighted by Crippen LogP contribution is 2.29. The van der Waals surface area contributed by atoms with Crippen LogP contribution in [0.3, 0.4) is 0 Å². The zero-order valence-electron chi connectivity index (χ0n) is 9.62. The quantitative estimate of drug-likeness (QED) is 0.725. The Hall–Kier alpha value is -0.580. The molecule has 1 aliphatic heterocycles. The third-order valence-electron chi connectivity index (χ3n) is 3.05. The van der Waals surface area contributed by atoms with Crippen molar-refractivity contribution in [1.29, 1.82) is 0 Å². The predicted molar refractivity (Wildman–Crippen MR) is 59.4 cm³/mol. The molecule has 15 heavy (non-hydrogen) atoms. The molecule has 0 radical (unpaired) electrons. The summed E-state index contributed by atoms with van der Waals surface area (Å²) in [5.41, 5.74) is -0.485. The maximum Gasteiger partial charge on any atom is 0.222 e. The van der Waals surface area contributed by atoms with Crippen molar-refractivity contribution in [3.63, 3.8) is 0 Å². The summed E-state index contributed by atoms with van der Waals surface area (Å²) in [4.78, 5) is 13.4. The van der Waals surface area contributed by atoms with Crippen LogP contribution in [-0.4, -0.2) is 42.8 Å². The Morgan fingerprint density at radius 1 is 1.40 bits per heavy atom. The lowest BCUT2D eigenvalue weighted by molar-refractivity contribution is -0.135. The summed E-state index contributed by atoms with van der Waals surface area (Å²) in [6.07, 6.45) is 0.998. The SMILES string of the molecule is CCC(=O)N(CC)C1(C)CCS(=O)(=O)C1. The maximum absolute atomic E-state index is 11.7. The number of hydrogen-bond acceptors (Lipinski definition) is 3. The Morgan fingerprint density at radius 3 is 2.33 bits per heavy atom. The molecule has 0 N–H and O–H groups in total. The number of rotatable bonds is 3. The number of carbonyl (C=O) groups is 1. The average Bonchev–Trinajstić information content (AvgIpc) is 2.42. The lowest BCUT2D eigenvalue weighted by Gasteiger charge is -2.36. The molecule has 0 bridgehead atoms. The van der Waals surface area contributed by atoms with Crippen molar-refractivity contribution >= 4 is 15.7 Å². The van der Waals surface area contributed by atoms with Gasteiger partial charge in [-0.25, -0.2) is 8.42 Å². The molecule has 1 aliphatic rings. The minimum absolute atomic E-state index is 0.0390. The van der Waals surface area contributed by atoms with Crippen molar-refractivity contribution in [3.8, 4) is 0 Å². The van der Waals surface area contributed by atoms with Crippen LogP contribution in [0.5, 0.6) is 0 Å². The van der Waals surface area contributed by atoms with Crippen molar-refractivity contribution in [1.82, 2.24) is 4.90 Å². The highest BCUT2D eigenvalue weighted by molar-refractivity contribution is 7.91. The molecule has 0 aromatic carbocycles. The van der Waals surface area contributed by atoms with Gasteiger partial charge in [0, 0.05) is 13.0 Å². The third-order valence-corrected chi connectivity index (χ3v) is 4.94. The van der Waals surface area contributed by atoms with Gasteiger partial charge < -0.3 is 4.90 Å². The molecule has 0 spiro atoms. The van der Waals surface area contributed by atoms with E-state index in [1.54, 1.807) is 11.8 Å². The van der Waals surface area contributed by atoms with E-state index in [0.29, 0.717) is 19.4 Å². The predicted octanol–water partition coefficient (Wildman–Crippen LogP) is 0.822. The molecule has 0 aliphatic carbocycles. The maximum atomic E-state index is 11.7. The minimum atomic E-state index is -2.94. The Morgan fingerprint density at radius 2 is 2.00 bits per heavy atom. The van der Waals surface area contributed by atoms with Gasteiger partial charge in [-0.1, -0.05) is 6.92 Å². The summed E-state index contributed by atoms with van der Waals surface area (Å²) >= 11 is 0. The lowest BCUT2D eigenvalue weighted by atomic mass is 9.99. The average molecular weight is 233 g/mol. The Balaban J connectivity index is 2.90. The zero-order chi connectivity index (χ0) is 11.7. The molecule has 4 nitrogen and oxygen atoms in total. The van der Waals surface area contributed by atoms with Gasteiger partial charge in [-0.2, -0.15) is 0 Å². The number of sulfone groups is 1. The third kappa shape index (κ3) is 2.51. The van der Waals surface area contributed by atoms with E-state index in [-0.39, 0.29) is 17.4 Å². The lowest BCUT2D eigenvalue weighted by Crippen LogP contribution is -2.50. The van der Waals surface area contributed by atoms with Crippen molar-refractivity contribution < 1.29 is 13.2 Å². The first-order valence-corrected chi connectivity index (χ1v) is 7.17. The molecule has 1 fully saturated rings. The molecule has 1 saturated heterocycles. The summed E-state index contributed by atoms with van der Waals surface area (Å²) in [5, 5.41) is 0. The monoisotopic (exact) mass is 233 g/mol. The first-order chi connectivity index (χ1) is 6.84. The summed E-state index contributed by atoms with van der Waals surface area (Å²) < 4.78 is 22.9. The summed E-state index contributed by atoms with van der Waals surface area (Å²) in [6.45, 7) is 6.15. The zero-order valence-corrected chi connectivity index (χ0v) is 10.4. The van der Waals surface area contributed by atoms with Gasteiger partial charge in [0.1, 0.15) is 0 Å². The van der Waals surface area contributed by atoms with Gasteiger partial charge in [-0.3, -0.25) is 4.79 Å². The summed E-state index contributed by atoms with van der Waals surface area (Å²) in [6, 6.07) is 0. The summed E-state index contributed by atoms with van der Waals surface area (Å²) in [7, 11) is -2.94. The standard InChI is InChI=1S/C10H19NO3S/c1-4-9(12)11(5-2)10(3)6-7-15(13,14)8-10/h4-8H2,1-3H3. The molecule has 5 heteroatoms. The van der Waals surface area contributed by atoms with Gasteiger partial charge in [0.05, 0.1) is 17.0 Å². The van der Waals surface area contributed by atoms with E-state index < -0.39 is 15.4 Å². The molecule has 0 saturated carbocycles. The van der Waals surface area contributed by atoms with Gasteiger partial charge in [-0.05, 0) is 20.3 Å². The highest BCUT2D eigenvalue weighted by atomic mass is 32.2. The molecule has 1 unspecified atom stereocenters. The van der Waals surface area contributed by atoms with Crippen LogP contribution in [0.25, 0.3) is 0 Å². The van der Waals surface area contributed by atoms with E-state index in [1.165, 1.54) is 0 Å². The Labute approximate surface area is 91.6 Å². The van der Waals surface area contributed by atoms with E-state index in [0.717, 1.165) is 0 Å². The van der Waals surface area contributed by atoms with Gasteiger partial charge in [0.2, 0.25) is 5.91 Å². The molecule has 1 atom stereocenters. The molecular weight excluding hydrogens is 214 g/mol. The van der Waals surface area contributed by atoms with E-state index in [2.05, 4.69) is 0 Å². The highest BCUT2D eigenvalue weighted by Gasteiger charge is 2.43. The van der Waals surface area contributed by atoms with Crippen LogP contribution in [0.4, 0.5) is 0 Å². The van der Waals surface area contributed by atoms with Gasteiger partial charge in [0.25, 0.3) is 0 Å². The van der Waals surface area contributed by atoms with Gasteiger partial charge in [0.15, 0.2) is 9.84 Å². The van der Waals surface area contributed by atoms with Crippen molar-refractivity contribution in [2.45, 2.75) is 39.2 Å². The topological polar surface area (TPSA) is 54.5 Å². The minimum Gasteiger partial charge on any atom is -0.337 e. The fourth-order valence-electron chi connectivity index (χ4n) is 2.26. The largest absolute Gasteiger partial charge is 0.337 e. The molecule has 1 heterocycles. The van der Waals surface area contributed by atoms with Crippen molar-refractivity contribution in [3.05, 3.63) is 0 Å². The first-order valence-electron chi connectivity index (χ1n) is 5.35. The van der Waals surface area contributed by atoms with E-state index in [9.17, 15) is 13.2 Å². The number of nitrogens with zero attached hydrogens (tertiary/aromatic N) is 1. The number of carbonyl (C=O) groups excluding carboxylic acids is 1. The molecular formula is C10H19NO3S. The number of hydrogen-bond donors (Lipinski definition) is 0.